The maximum Gasteiger partial charge on any atom is 0.128 e. The van der Waals surface area contributed by atoms with Crippen LogP contribution in [-0.2, 0) is 17.1 Å². The van der Waals surface area contributed by atoms with Crippen molar-refractivity contribution >= 4 is 11.4 Å². The molecule has 5 heteroatoms. The molecule has 4 N–H and O–H groups in total. The van der Waals surface area contributed by atoms with E-state index in [0.29, 0.717) is 22.6 Å². The molecular formula is C26H38CuN2O2. The van der Waals surface area contributed by atoms with E-state index in [0.717, 1.165) is 11.1 Å². The molecular weight excluding hydrogens is 436 g/mol. The molecule has 0 aliphatic heterocycles. The number of aromatic hydroxyl groups is 2. The van der Waals surface area contributed by atoms with Crippen LogP contribution in [0.2, 0.25) is 0 Å². The van der Waals surface area contributed by atoms with Crippen molar-refractivity contribution in [3.8, 4) is 11.5 Å². The Morgan fingerprint density at radius 3 is 1.13 bits per heavy atom. The van der Waals surface area contributed by atoms with E-state index in [2.05, 4.69) is 0 Å². The number of para-hydroxylation sites is 2. The van der Waals surface area contributed by atoms with Gasteiger partial charge in [0.1, 0.15) is 11.5 Å². The predicted octanol–water partition coefficient (Wildman–Crippen LogP) is 7.08. The van der Waals surface area contributed by atoms with E-state index >= 15 is 0 Å². The van der Waals surface area contributed by atoms with E-state index in [-0.39, 0.29) is 52.2 Å². The van der Waals surface area contributed by atoms with Gasteiger partial charge in [-0.25, -0.2) is 0 Å². The van der Waals surface area contributed by atoms with E-state index in [1.165, 1.54) is 0 Å². The molecule has 0 amide bonds. The first-order valence-corrected chi connectivity index (χ1v) is 10.7. The van der Waals surface area contributed by atoms with Crippen LogP contribution in [0.1, 0.15) is 89.5 Å². The standard InChI is InChI=1S/2C13H19NO.Cu/c2*1-8(2)10-6-5-7-11(13(10)15)12(14)9(3)4;/h2*5-9,14-15H,1-4H3;. The van der Waals surface area contributed by atoms with Gasteiger partial charge < -0.3 is 21.0 Å². The zero-order valence-electron chi connectivity index (χ0n) is 20.0. The Bertz CT molecular complexity index is 813. The fourth-order valence-electron chi connectivity index (χ4n) is 3.11. The molecule has 2 aromatic carbocycles. The van der Waals surface area contributed by atoms with Gasteiger partial charge in [0.25, 0.3) is 0 Å². The molecule has 31 heavy (non-hydrogen) atoms. The largest absolute Gasteiger partial charge is 0.507 e. The van der Waals surface area contributed by atoms with Crippen LogP contribution in [0.15, 0.2) is 36.4 Å². The quantitative estimate of drug-likeness (QED) is 0.267. The van der Waals surface area contributed by atoms with Gasteiger partial charge in [-0.2, -0.15) is 0 Å². The average Bonchev–Trinajstić information content (AvgIpc) is 2.67. The van der Waals surface area contributed by atoms with Gasteiger partial charge in [-0.15, -0.1) is 0 Å². The third kappa shape index (κ3) is 7.52. The normalized spacial score (nSPS) is 10.7. The summed E-state index contributed by atoms with van der Waals surface area (Å²) in [5.74, 6) is 1.38. The molecule has 1 radical (unpaired) electrons. The van der Waals surface area contributed by atoms with Crippen LogP contribution < -0.4 is 0 Å². The third-order valence-corrected chi connectivity index (χ3v) is 5.11. The fourth-order valence-corrected chi connectivity index (χ4v) is 3.11. The second-order valence-electron chi connectivity index (χ2n) is 8.93. The summed E-state index contributed by atoms with van der Waals surface area (Å²) in [7, 11) is 0. The number of phenolic OH excluding ortho intramolecular Hbond substituents is 2. The van der Waals surface area contributed by atoms with Crippen LogP contribution in [0.3, 0.4) is 0 Å². The van der Waals surface area contributed by atoms with Crippen molar-refractivity contribution in [3.63, 3.8) is 0 Å². The molecule has 0 bridgehead atoms. The van der Waals surface area contributed by atoms with Crippen molar-refractivity contribution in [2.75, 3.05) is 0 Å². The van der Waals surface area contributed by atoms with Gasteiger partial charge in [-0.05, 0) is 46.9 Å². The molecule has 0 aliphatic rings. The van der Waals surface area contributed by atoms with Gasteiger partial charge >= 0.3 is 0 Å². The fraction of sp³-hybridized carbons (Fsp3) is 0.462. The Morgan fingerprint density at radius 2 is 0.903 bits per heavy atom. The Morgan fingerprint density at radius 1 is 0.613 bits per heavy atom. The van der Waals surface area contributed by atoms with Crippen molar-refractivity contribution in [1.82, 2.24) is 0 Å². The van der Waals surface area contributed by atoms with Gasteiger partial charge in [0.15, 0.2) is 0 Å². The minimum atomic E-state index is 0. The zero-order valence-corrected chi connectivity index (χ0v) is 20.9. The molecule has 2 rings (SSSR count). The minimum Gasteiger partial charge on any atom is -0.507 e. The maximum atomic E-state index is 10.0. The number of phenols is 2. The summed E-state index contributed by atoms with van der Waals surface area (Å²) in [4.78, 5) is 0. The molecule has 0 atom stereocenters. The van der Waals surface area contributed by atoms with Crippen molar-refractivity contribution in [2.45, 2.75) is 67.2 Å². The van der Waals surface area contributed by atoms with Crippen molar-refractivity contribution in [1.29, 1.82) is 10.8 Å². The average molecular weight is 474 g/mol. The first kappa shape index (κ1) is 28.9. The molecule has 0 aromatic heterocycles. The summed E-state index contributed by atoms with van der Waals surface area (Å²) in [6, 6.07) is 11.3. The van der Waals surface area contributed by atoms with E-state index in [9.17, 15) is 10.2 Å². The predicted molar refractivity (Wildman–Crippen MR) is 128 cm³/mol. The van der Waals surface area contributed by atoms with Crippen LogP contribution >= 0.6 is 0 Å². The summed E-state index contributed by atoms with van der Waals surface area (Å²) >= 11 is 0. The first-order chi connectivity index (χ1) is 13.9. The molecule has 0 spiro atoms. The Balaban J connectivity index is 0.000000562. The van der Waals surface area contributed by atoms with E-state index in [1.807, 2.05) is 91.8 Å². The summed E-state index contributed by atoms with van der Waals surface area (Å²) in [5.41, 5.74) is 4.15. The Labute approximate surface area is 198 Å². The molecule has 0 fully saturated rings. The monoisotopic (exact) mass is 473 g/mol. The van der Waals surface area contributed by atoms with Gasteiger partial charge in [0.2, 0.25) is 0 Å². The molecule has 0 saturated carbocycles. The molecule has 0 saturated heterocycles. The number of hydrogen-bond acceptors (Lipinski definition) is 4. The maximum absolute atomic E-state index is 10.0. The third-order valence-electron chi connectivity index (χ3n) is 5.11. The van der Waals surface area contributed by atoms with Crippen molar-refractivity contribution < 1.29 is 27.3 Å². The van der Waals surface area contributed by atoms with Gasteiger partial charge in [-0.3, -0.25) is 0 Å². The van der Waals surface area contributed by atoms with Crippen LogP contribution in [-0.4, -0.2) is 21.6 Å². The Hall–Kier alpha value is -2.10. The molecule has 4 nitrogen and oxygen atoms in total. The van der Waals surface area contributed by atoms with Crippen molar-refractivity contribution in [3.05, 3.63) is 58.7 Å². The first-order valence-electron chi connectivity index (χ1n) is 10.7. The van der Waals surface area contributed by atoms with Gasteiger partial charge in [0, 0.05) is 39.6 Å². The summed E-state index contributed by atoms with van der Waals surface area (Å²) in [6.07, 6.45) is 0. The smallest absolute Gasteiger partial charge is 0.128 e. The topological polar surface area (TPSA) is 88.2 Å². The Kier molecular flexibility index (Phi) is 11.8. The second-order valence-corrected chi connectivity index (χ2v) is 8.93. The van der Waals surface area contributed by atoms with Crippen LogP contribution in [0, 0.1) is 22.7 Å². The van der Waals surface area contributed by atoms with E-state index in [4.69, 9.17) is 10.8 Å². The molecule has 175 valence electrons. The summed E-state index contributed by atoms with van der Waals surface area (Å²) in [6.45, 7) is 16.0. The van der Waals surface area contributed by atoms with Crippen LogP contribution in [0.5, 0.6) is 11.5 Å². The van der Waals surface area contributed by atoms with E-state index in [1.54, 1.807) is 0 Å². The minimum absolute atomic E-state index is 0. The van der Waals surface area contributed by atoms with Gasteiger partial charge in [-0.1, -0.05) is 79.7 Å². The van der Waals surface area contributed by atoms with Crippen LogP contribution in [0.25, 0.3) is 0 Å². The number of benzene rings is 2. The second kappa shape index (κ2) is 12.7. The van der Waals surface area contributed by atoms with E-state index < -0.39 is 0 Å². The summed E-state index contributed by atoms with van der Waals surface area (Å²) < 4.78 is 0. The van der Waals surface area contributed by atoms with Crippen molar-refractivity contribution in [2.24, 2.45) is 11.8 Å². The molecule has 2 aromatic rings. The number of hydrogen-bond donors (Lipinski definition) is 4. The molecule has 0 heterocycles. The van der Waals surface area contributed by atoms with Crippen LogP contribution in [0.4, 0.5) is 0 Å². The SMILES string of the molecule is CC(C)C(=N)c1cccc(C(C)C)c1O.CC(C)C(=N)c1cccc(C(C)C)c1O.[Cu]. The molecule has 0 unspecified atom stereocenters. The van der Waals surface area contributed by atoms with Gasteiger partial charge in [0.05, 0.1) is 0 Å². The summed E-state index contributed by atoms with van der Waals surface area (Å²) in [5, 5.41) is 35.9. The number of nitrogens with one attached hydrogen (secondary N) is 2. The zero-order chi connectivity index (χ0) is 23.2. The molecule has 0 aliphatic carbocycles. The number of rotatable bonds is 6.